The number of carboxylic acid groups (broad SMARTS) is 1. The second-order valence-electron chi connectivity index (χ2n) is 3.47. The van der Waals surface area contributed by atoms with Crippen LogP contribution in [0.3, 0.4) is 0 Å². The van der Waals surface area contributed by atoms with Crippen molar-refractivity contribution in [1.29, 1.82) is 0 Å². The predicted octanol–water partition coefficient (Wildman–Crippen LogP) is 3.39. The van der Waals surface area contributed by atoms with E-state index in [9.17, 15) is 4.79 Å². The van der Waals surface area contributed by atoms with Crippen LogP contribution >= 0.6 is 45.2 Å². The third kappa shape index (κ3) is 2.34. The van der Waals surface area contributed by atoms with Crippen molar-refractivity contribution in [2.24, 2.45) is 0 Å². The standard InChI is InChI=1S/C11H9I2NO2/c12-6-2-1-3-7-10(6)11(13)8(14-7)4-5-9(15)16/h1-3,14H,4-5H2,(H,15,16). The Labute approximate surface area is 120 Å². The van der Waals surface area contributed by atoms with Gasteiger partial charge in [0.2, 0.25) is 0 Å². The van der Waals surface area contributed by atoms with E-state index < -0.39 is 5.97 Å². The highest BCUT2D eigenvalue weighted by molar-refractivity contribution is 14.1. The van der Waals surface area contributed by atoms with Crippen molar-refractivity contribution in [1.82, 2.24) is 4.98 Å². The van der Waals surface area contributed by atoms with Gasteiger partial charge in [-0.2, -0.15) is 0 Å². The van der Waals surface area contributed by atoms with Gasteiger partial charge in [-0.1, -0.05) is 6.07 Å². The summed E-state index contributed by atoms with van der Waals surface area (Å²) < 4.78 is 2.33. The maximum absolute atomic E-state index is 10.5. The Morgan fingerprint density at radius 3 is 2.75 bits per heavy atom. The molecule has 16 heavy (non-hydrogen) atoms. The van der Waals surface area contributed by atoms with Gasteiger partial charge in [0.15, 0.2) is 0 Å². The van der Waals surface area contributed by atoms with Gasteiger partial charge >= 0.3 is 5.97 Å². The van der Waals surface area contributed by atoms with Crippen LogP contribution < -0.4 is 0 Å². The highest BCUT2D eigenvalue weighted by Crippen LogP contribution is 2.28. The Kier molecular flexibility index (Phi) is 3.73. The smallest absolute Gasteiger partial charge is 0.303 e. The quantitative estimate of drug-likeness (QED) is 0.719. The Bertz CT molecular complexity index is 548. The number of H-pyrrole nitrogens is 1. The van der Waals surface area contributed by atoms with Crippen molar-refractivity contribution in [3.63, 3.8) is 0 Å². The fourth-order valence-electron chi connectivity index (χ4n) is 1.62. The Morgan fingerprint density at radius 2 is 2.12 bits per heavy atom. The first-order valence-corrected chi connectivity index (χ1v) is 6.91. The van der Waals surface area contributed by atoms with Gasteiger partial charge in [-0.15, -0.1) is 0 Å². The first kappa shape index (κ1) is 12.2. The number of halogens is 2. The summed E-state index contributed by atoms with van der Waals surface area (Å²) in [6.45, 7) is 0. The first-order valence-electron chi connectivity index (χ1n) is 4.76. The molecule has 0 amide bonds. The van der Waals surface area contributed by atoms with E-state index in [1.165, 1.54) is 8.96 Å². The molecule has 2 aromatic rings. The van der Waals surface area contributed by atoms with E-state index in [0.717, 1.165) is 14.8 Å². The number of benzene rings is 1. The molecule has 0 aliphatic rings. The number of hydrogen-bond donors (Lipinski definition) is 2. The molecular formula is C11H9I2NO2. The molecule has 0 saturated heterocycles. The number of hydrogen-bond acceptors (Lipinski definition) is 1. The molecule has 3 nitrogen and oxygen atoms in total. The lowest BCUT2D eigenvalue weighted by Gasteiger charge is -1.96. The molecule has 5 heteroatoms. The summed E-state index contributed by atoms with van der Waals surface area (Å²) in [5, 5.41) is 9.88. The minimum absolute atomic E-state index is 0.166. The van der Waals surface area contributed by atoms with Crippen molar-refractivity contribution < 1.29 is 9.90 Å². The molecule has 0 atom stereocenters. The number of rotatable bonds is 3. The molecule has 0 unspecified atom stereocenters. The van der Waals surface area contributed by atoms with E-state index in [0.29, 0.717) is 6.42 Å². The average molecular weight is 441 g/mol. The van der Waals surface area contributed by atoms with Gasteiger partial charge in [-0.25, -0.2) is 0 Å². The maximum atomic E-state index is 10.5. The van der Waals surface area contributed by atoms with Gasteiger partial charge in [-0.05, 0) is 63.7 Å². The number of aromatic nitrogens is 1. The Hall–Kier alpha value is -0.310. The van der Waals surface area contributed by atoms with E-state index in [1.54, 1.807) is 0 Å². The van der Waals surface area contributed by atoms with Gasteiger partial charge in [0.1, 0.15) is 0 Å². The van der Waals surface area contributed by atoms with Crippen LogP contribution in [0.15, 0.2) is 18.2 Å². The highest BCUT2D eigenvalue weighted by atomic mass is 127. The molecular weight excluding hydrogens is 432 g/mol. The van der Waals surface area contributed by atoms with Crippen LogP contribution in [0, 0.1) is 7.14 Å². The topological polar surface area (TPSA) is 53.1 Å². The van der Waals surface area contributed by atoms with E-state index in [4.69, 9.17) is 5.11 Å². The molecule has 0 aliphatic carbocycles. The van der Waals surface area contributed by atoms with Crippen LogP contribution in [0.1, 0.15) is 12.1 Å². The normalized spacial score (nSPS) is 10.9. The van der Waals surface area contributed by atoms with Gasteiger partial charge in [-0.3, -0.25) is 4.79 Å². The third-order valence-electron chi connectivity index (χ3n) is 2.37. The summed E-state index contributed by atoms with van der Waals surface area (Å²) in [5.41, 5.74) is 2.10. The molecule has 0 aliphatic heterocycles. The lowest BCUT2D eigenvalue weighted by Crippen LogP contribution is -1.98. The zero-order chi connectivity index (χ0) is 11.7. The largest absolute Gasteiger partial charge is 0.481 e. The monoisotopic (exact) mass is 441 g/mol. The van der Waals surface area contributed by atoms with E-state index >= 15 is 0 Å². The van der Waals surface area contributed by atoms with E-state index in [-0.39, 0.29) is 6.42 Å². The molecule has 0 fully saturated rings. The number of carboxylic acids is 1. The SMILES string of the molecule is O=C(O)CCc1[nH]c2cccc(I)c2c1I. The van der Waals surface area contributed by atoms with Crippen LogP contribution in [0.4, 0.5) is 0 Å². The lowest BCUT2D eigenvalue weighted by atomic mass is 10.2. The maximum Gasteiger partial charge on any atom is 0.303 e. The average Bonchev–Trinajstić information content (AvgIpc) is 2.54. The van der Waals surface area contributed by atoms with Crippen molar-refractivity contribution in [2.45, 2.75) is 12.8 Å². The molecule has 84 valence electrons. The molecule has 0 spiro atoms. The summed E-state index contributed by atoms with van der Waals surface area (Å²) >= 11 is 4.58. The van der Waals surface area contributed by atoms with Crippen molar-refractivity contribution >= 4 is 62.1 Å². The molecule has 1 heterocycles. The fourth-order valence-corrected chi connectivity index (χ4v) is 3.89. The minimum atomic E-state index is -0.760. The molecule has 0 saturated carbocycles. The summed E-state index contributed by atoms with van der Waals surface area (Å²) in [7, 11) is 0. The van der Waals surface area contributed by atoms with Crippen LogP contribution in [-0.4, -0.2) is 16.1 Å². The molecule has 2 rings (SSSR count). The van der Waals surface area contributed by atoms with Crippen molar-refractivity contribution in [2.75, 3.05) is 0 Å². The first-order chi connectivity index (χ1) is 7.59. The van der Waals surface area contributed by atoms with Gasteiger partial charge in [0.25, 0.3) is 0 Å². The number of aryl methyl sites for hydroxylation is 1. The minimum Gasteiger partial charge on any atom is -0.481 e. The fraction of sp³-hybridized carbons (Fsp3) is 0.182. The molecule has 2 N–H and O–H groups in total. The summed E-state index contributed by atoms with van der Waals surface area (Å²) in [5.74, 6) is -0.760. The number of carbonyl (C=O) groups is 1. The number of aliphatic carboxylic acids is 1. The number of aromatic amines is 1. The second-order valence-corrected chi connectivity index (χ2v) is 5.71. The van der Waals surface area contributed by atoms with Gasteiger partial charge < -0.3 is 10.1 Å². The van der Waals surface area contributed by atoms with Crippen molar-refractivity contribution in [3.05, 3.63) is 31.0 Å². The number of fused-ring (bicyclic) bond motifs is 1. The summed E-state index contributed by atoms with van der Waals surface area (Å²) in [6.07, 6.45) is 0.720. The predicted molar refractivity (Wildman–Crippen MR) is 79.7 cm³/mol. The molecule has 1 aromatic heterocycles. The van der Waals surface area contributed by atoms with Crippen LogP contribution in [0.25, 0.3) is 10.9 Å². The van der Waals surface area contributed by atoms with E-state index in [2.05, 4.69) is 56.2 Å². The van der Waals surface area contributed by atoms with Crippen LogP contribution in [-0.2, 0) is 11.2 Å². The van der Waals surface area contributed by atoms with Crippen LogP contribution in [0.5, 0.6) is 0 Å². The number of nitrogens with one attached hydrogen (secondary N) is 1. The lowest BCUT2D eigenvalue weighted by molar-refractivity contribution is -0.136. The Balaban J connectivity index is 2.44. The second kappa shape index (κ2) is 4.91. The third-order valence-corrected chi connectivity index (χ3v) is 4.46. The van der Waals surface area contributed by atoms with Crippen LogP contribution in [0.2, 0.25) is 0 Å². The molecule has 0 bridgehead atoms. The Morgan fingerprint density at radius 1 is 1.38 bits per heavy atom. The van der Waals surface area contributed by atoms with Gasteiger partial charge in [0.05, 0.1) is 6.42 Å². The summed E-state index contributed by atoms with van der Waals surface area (Å²) in [6, 6.07) is 6.07. The zero-order valence-electron chi connectivity index (χ0n) is 8.26. The molecule has 1 aromatic carbocycles. The summed E-state index contributed by atoms with van der Waals surface area (Å²) in [4.78, 5) is 13.8. The van der Waals surface area contributed by atoms with Crippen molar-refractivity contribution in [3.8, 4) is 0 Å². The van der Waals surface area contributed by atoms with E-state index in [1.807, 2.05) is 12.1 Å². The zero-order valence-corrected chi connectivity index (χ0v) is 12.6. The highest BCUT2D eigenvalue weighted by Gasteiger charge is 2.12. The molecule has 0 radical (unpaired) electrons. The van der Waals surface area contributed by atoms with Gasteiger partial charge in [0, 0.05) is 23.7 Å².